The molecule has 0 saturated heterocycles. The number of hydrogen-bond acceptors (Lipinski definition) is 7. The number of nitrogens with zero attached hydrogens (tertiary/aromatic N) is 1. The Hall–Kier alpha value is -3.75. The van der Waals surface area contributed by atoms with Crippen molar-refractivity contribution in [1.29, 1.82) is 0 Å². The zero-order valence-electron chi connectivity index (χ0n) is 36.5. The molecule has 322 valence electrons. The third-order valence-electron chi connectivity index (χ3n) is 8.97. The van der Waals surface area contributed by atoms with Gasteiger partial charge >= 0.3 is 11.9 Å². The van der Waals surface area contributed by atoms with Crippen LogP contribution in [0.3, 0.4) is 0 Å². The molecule has 0 spiro atoms. The van der Waals surface area contributed by atoms with Gasteiger partial charge < -0.3 is 28.6 Å². The molecule has 0 rings (SSSR count). The van der Waals surface area contributed by atoms with E-state index in [1.54, 1.807) is 21.1 Å². The lowest BCUT2D eigenvalue weighted by Crippen LogP contribution is -2.55. The van der Waals surface area contributed by atoms with Crippen molar-refractivity contribution in [3.05, 3.63) is 97.2 Å². The van der Waals surface area contributed by atoms with Crippen LogP contribution >= 0.6 is 0 Å². The van der Waals surface area contributed by atoms with E-state index in [-0.39, 0.29) is 55.5 Å². The Labute approximate surface area is 347 Å². The van der Waals surface area contributed by atoms with Crippen molar-refractivity contribution < 1.29 is 38.2 Å². The summed E-state index contributed by atoms with van der Waals surface area (Å²) in [6.45, 7) is 4.33. The first-order chi connectivity index (χ1) is 27.6. The molecule has 2 unspecified atom stereocenters. The number of rotatable bonds is 37. The molecule has 0 fully saturated rings. The molecule has 0 aromatic heterocycles. The number of esters is 2. The van der Waals surface area contributed by atoms with Crippen molar-refractivity contribution in [2.45, 2.75) is 154 Å². The molecule has 8 nitrogen and oxygen atoms in total. The summed E-state index contributed by atoms with van der Waals surface area (Å²) in [5.41, 5.74) is 0. The van der Waals surface area contributed by atoms with Gasteiger partial charge in [0.1, 0.15) is 12.6 Å². The highest BCUT2D eigenvalue weighted by atomic mass is 16.6. The highest BCUT2D eigenvalue weighted by molar-refractivity contribution is 5.70. The van der Waals surface area contributed by atoms with Gasteiger partial charge in [-0.1, -0.05) is 137 Å². The van der Waals surface area contributed by atoms with Gasteiger partial charge in [0, 0.05) is 19.3 Å². The summed E-state index contributed by atoms with van der Waals surface area (Å²) in [4.78, 5) is 36.8. The Balaban J connectivity index is 4.40. The number of hydrogen-bond donors (Lipinski definition) is 0. The second kappa shape index (κ2) is 39.1. The van der Waals surface area contributed by atoms with Crippen LogP contribution in [0.4, 0.5) is 0 Å². The predicted molar refractivity (Wildman–Crippen MR) is 235 cm³/mol. The van der Waals surface area contributed by atoms with E-state index in [0.717, 1.165) is 96.3 Å². The minimum atomic E-state index is -1.14. The molecule has 0 N–H and O–H groups in total. The summed E-state index contributed by atoms with van der Waals surface area (Å²) in [7, 11) is 5.37. The van der Waals surface area contributed by atoms with Gasteiger partial charge in [-0.15, -0.1) is 0 Å². The first kappa shape index (κ1) is 53.2. The van der Waals surface area contributed by atoms with Crippen molar-refractivity contribution in [2.75, 3.05) is 41.0 Å². The van der Waals surface area contributed by atoms with Gasteiger partial charge in [-0.3, -0.25) is 9.59 Å². The van der Waals surface area contributed by atoms with Crippen LogP contribution in [0, 0.1) is 0 Å². The van der Waals surface area contributed by atoms with Crippen molar-refractivity contribution >= 4 is 17.9 Å². The van der Waals surface area contributed by atoms with Gasteiger partial charge in [-0.05, 0) is 83.5 Å². The molecule has 0 heterocycles. The third kappa shape index (κ3) is 37.6. The first-order valence-corrected chi connectivity index (χ1v) is 21.8. The van der Waals surface area contributed by atoms with E-state index in [9.17, 15) is 19.5 Å². The number of quaternary nitrogens is 1. The van der Waals surface area contributed by atoms with E-state index in [4.69, 9.17) is 14.2 Å². The molecule has 0 aliphatic rings. The summed E-state index contributed by atoms with van der Waals surface area (Å²) >= 11 is 0. The van der Waals surface area contributed by atoms with Gasteiger partial charge in [-0.25, -0.2) is 0 Å². The highest BCUT2D eigenvalue weighted by Crippen LogP contribution is 2.12. The number of likely N-dealkylation sites (N-methyl/N-ethyl adjacent to an activating group) is 1. The molecule has 8 heteroatoms. The largest absolute Gasteiger partial charge is 0.544 e. The Morgan fingerprint density at radius 1 is 0.526 bits per heavy atom. The Kier molecular flexibility index (Phi) is 36.5. The van der Waals surface area contributed by atoms with Gasteiger partial charge in [-0.2, -0.15) is 0 Å². The van der Waals surface area contributed by atoms with Crippen LogP contribution < -0.4 is 5.11 Å². The third-order valence-corrected chi connectivity index (χ3v) is 8.97. The number of carbonyl (C=O) groups excluding carboxylic acids is 3. The van der Waals surface area contributed by atoms with E-state index in [2.05, 4.69) is 111 Å². The summed E-state index contributed by atoms with van der Waals surface area (Å²) in [6.07, 6.45) is 51.6. The van der Waals surface area contributed by atoms with Gasteiger partial charge in [0.2, 0.25) is 0 Å². The fourth-order valence-corrected chi connectivity index (χ4v) is 5.65. The summed E-state index contributed by atoms with van der Waals surface area (Å²) < 4.78 is 17.1. The Morgan fingerprint density at radius 3 is 1.42 bits per heavy atom. The zero-order valence-corrected chi connectivity index (χ0v) is 36.5. The van der Waals surface area contributed by atoms with Gasteiger partial charge in [0.25, 0.3) is 0 Å². The smallest absolute Gasteiger partial charge is 0.306 e. The molecule has 0 aromatic carbocycles. The topological polar surface area (TPSA) is 102 Å². The molecular formula is C49H79NO7. The number of carbonyl (C=O) groups is 3. The number of ether oxygens (including phenoxy) is 3. The number of carboxylic acids is 1. The summed E-state index contributed by atoms with van der Waals surface area (Å²) in [5.74, 6) is -1.84. The lowest BCUT2D eigenvalue weighted by molar-refractivity contribution is -0.889. The first-order valence-electron chi connectivity index (χ1n) is 21.8. The van der Waals surface area contributed by atoms with Crippen LogP contribution in [0.1, 0.15) is 142 Å². The number of allylic oxidation sites excluding steroid dienone is 16. The fourth-order valence-electron chi connectivity index (χ4n) is 5.65. The summed E-state index contributed by atoms with van der Waals surface area (Å²) in [5, 5.41) is 11.6. The molecule has 0 radical (unpaired) electrons. The lowest BCUT2D eigenvalue weighted by Gasteiger charge is -2.34. The average molecular weight is 794 g/mol. The highest BCUT2D eigenvalue weighted by Gasteiger charge is 2.25. The molecular weight excluding hydrogens is 715 g/mol. The van der Waals surface area contributed by atoms with Crippen molar-refractivity contribution in [1.82, 2.24) is 0 Å². The summed E-state index contributed by atoms with van der Waals surface area (Å²) in [6, 6.07) is -0.741. The maximum absolute atomic E-state index is 12.7. The molecule has 0 saturated carbocycles. The Morgan fingerprint density at radius 2 is 0.947 bits per heavy atom. The zero-order chi connectivity index (χ0) is 42.1. The minimum absolute atomic E-state index is 0.0122. The maximum Gasteiger partial charge on any atom is 0.306 e. The Bertz CT molecular complexity index is 1250. The SMILES string of the molecule is CC/C=C/C/C=C/C/C=C/C/C=C/C/C=C/CCCCCCCCC(=O)OC(COCCC(C(=O)[O-])[N+](C)(C)C)COC(=O)CCC/C=C/C/C=C/C/C=C/CC. The number of unbranched alkanes of at least 4 members (excludes halogenated alkanes) is 7. The quantitative estimate of drug-likeness (QED) is 0.0267. The van der Waals surface area contributed by atoms with E-state index >= 15 is 0 Å². The standard InChI is InChI=1S/C49H79NO7/c1-6-8-10-12-14-16-18-19-20-21-22-23-24-25-26-27-28-30-32-34-36-38-40-48(52)57-45(43-55-42-41-46(49(53)54)50(3,4)5)44-56-47(51)39-37-35-33-31-29-17-15-13-11-9-7-2/h8-11,14-17,19-20,22-23,25-26,31,33,45-46H,6-7,12-13,18,21,24,27-30,32,34-44H2,1-5H3/b10-8+,11-9+,16-14+,17-15+,20-19+,23-22+,26-25+,33-31+. The van der Waals surface area contributed by atoms with Crippen LogP contribution in [-0.2, 0) is 28.6 Å². The van der Waals surface area contributed by atoms with Crippen LogP contribution in [0.2, 0.25) is 0 Å². The van der Waals surface area contributed by atoms with E-state index in [0.29, 0.717) is 6.42 Å². The molecule has 0 aliphatic heterocycles. The molecule has 0 bridgehead atoms. The molecule has 0 amide bonds. The van der Waals surface area contributed by atoms with E-state index < -0.39 is 18.1 Å². The van der Waals surface area contributed by atoms with Crippen LogP contribution in [0.15, 0.2) is 97.2 Å². The number of carboxylic acid groups (broad SMARTS) is 1. The fraction of sp³-hybridized carbons (Fsp3) is 0.612. The van der Waals surface area contributed by atoms with Gasteiger partial charge in [0.05, 0.1) is 40.3 Å². The maximum atomic E-state index is 12.7. The van der Waals surface area contributed by atoms with Crippen molar-refractivity contribution in [3.63, 3.8) is 0 Å². The van der Waals surface area contributed by atoms with Crippen LogP contribution in [0.25, 0.3) is 0 Å². The van der Waals surface area contributed by atoms with Crippen LogP contribution in [-0.4, -0.2) is 75.5 Å². The van der Waals surface area contributed by atoms with E-state index in [1.165, 1.54) is 6.42 Å². The van der Waals surface area contributed by atoms with Crippen molar-refractivity contribution in [3.8, 4) is 0 Å². The van der Waals surface area contributed by atoms with E-state index in [1.807, 2.05) is 0 Å². The van der Waals surface area contributed by atoms with Gasteiger partial charge in [0.15, 0.2) is 6.10 Å². The van der Waals surface area contributed by atoms with Crippen molar-refractivity contribution in [2.24, 2.45) is 0 Å². The molecule has 0 aliphatic carbocycles. The number of aliphatic carboxylic acids is 1. The molecule has 2 atom stereocenters. The monoisotopic (exact) mass is 794 g/mol. The second-order valence-electron chi connectivity index (χ2n) is 15.2. The second-order valence-corrected chi connectivity index (χ2v) is 15.2. The molecule has 57 heavy (non-hydrogen) atoms. The normalized spacial score (nSPS) is 13.9. The minimum Gasteiger partial charge on any atom is -0.544 e. The average Bonchev–Trinajstić information content (AvgIpc) is 3.17. The lowest BCUT2D eigenvalue weighted by atomic mass is 10.1. The molecule has 0 aromatic rings. The predicted octanol–water partition coefficient (Wildman–Crippen LogP) is 10.6. The van der Waals surface area contributed by atoms with Crippen LogP contribution in [0.5, 0.6) is 0 Å².